The van der Waals surface area contributed by atoms with Gasteiger partial charge in [0.1, 0.15) is 5.75 Å². The van der Waals surface area contributed by atoms with Crippen LogP contribution in [0.1, 0.15) is 43.9 Å². The number of methoxy groups -OCH3 is 1. The van der Waals surface area contributed by atoms with Gasteiger partial charge in [-0.3, -0.25) is 0 Å². The third kappa shape index (κ3) is 6.05. The number of aromatic nitrogens is 1. The molecule has 1 aromatic heterocycles. The van der Waals surface area contributed by atoms with Crippen LogP contribution in [0.25, 0.3) is 11.3 Å². The van der Waals surface area contributed by atoms with E-state index in [1.54, 1.807) is 7.11 Å². The summed E-state index contributed by atoms with van der Waals surface area (Å²) in [6, 6.07) is 7.66. The molecule has 0 saturated heterocycles. The van der Waals surface area contributed by atoms with Crippen LogP contribution in [0.5, 0.6) is 5.75 Å². The van der Waals surface area contributed by atoms with Crippen LogP contribution in [0.15, 0.2) is 24.3 Å². The van der Waals surface area contributed by atoms with Crippen molar-refractivity contribution in [3.63, 3.8) is 0 Å². The Labute approximate surface area is 153 Å². The number of carbonyl (C=O) groups excluding carboxylic acids is 1. The van der Waals surface area contributed by atoms with Gasteiger partial charge in [-0.25, -0.2) is 4.98 Å². The lowest BCUT2D eigenvalue weighted by atomic mass is 10.1. The molecule has 0 bridgehead atoms. The minimum atomic E-state index is -1.04. The van der Waals surface area contributed by atoms with Gasteiger partial charge < -0.3 is 20.0 Å². The van der Waals surface area contributed by atoms with E-state index in [4.69, 9.17) is 4.74 Å². The van der Waals surface area contributed by atoms with Crippen molar-refractivity contribution >= 4 is 22.4 Å². The number of carboxylic acids is 1. The minimum Gasteiger partial charge on any atom is -0.550 e. The molecule has 2 aromatic rings. The summed E-state index contributed by atoms with van der Waals surface area (Å²) < 4.78 is 5.19. The second-order valence-electron chi connectivity index (χ2n) is 5.88. The van der Waals surface area contributed by atoms with Crippen molar-refractivity contribution in [2.45, 2.75) is 45.4 Å². The lowest BCUT2D eigenvalue weighted by Crippen LogP contribution is -2.22. The Bertz CT molecular complexity index is 668. The maximum Gasteiger partial charge on any atom is 0.183 e. The average molecular weight is 361 g/mol. The maximum atomic E-state index is 10.8. The summed E-state index contributed by atoms with van der Waals surface area (Å²) in [4.78, 5) is 16.5. The van der Waals surface area contributed by atoms with Crippen molar-refractivity contribution in [1.82, 2.24) is 4.98 Å². The number of carbonyl (C=O) groups is 1. The van der Waals surface area contributed by atoms with Crippen molar-refractivity contribution in [3.05, 3.63) is 29.1 Å². The molecular formula is C19H25N2O3S-. The average Bonchev–Trinajstić information content (AvgIpc) is 3.03. The molecule has 136 valence electrons. The SMILES string of the molecule is CCCCCCNc1nc(-c2ccc(OC)cc2)c(CCC(=O)[O-])s1. The summed E-state index contributed by atoms with van der Waals surface area (Å²) in [7, 11) is 1.63. The Balaban J connectivity index is 2.12. The number of aryl methyl sites for hydroxylation is 1. The quantitative estimate of drug-likeness (QED) is 0.620. The smallest absolute Gasteiger partial charge is 0.183 e. The largest absolute Gasteiger partial charge is 0.550 e. The summed E-state index contributed by atoms with van der Waals surface area (Å²) in [5.74, 6) is -0.257. The molecule has 0 unspecified atom stereocenters. The van der Waals surface area contributed by atoms with E-state index in [-0.39, 0.29) is 6.42 Å². The van der Waals surface area contributed by atoms with E-state index >= 15 is 0 Å². The van der Waals surface area contributed by atoms with Crippen LogP contribution < -0.4 is 15.2 Å². The standard InChI is InChI=1S/C19H26N2O3S/c1-3-4-5-6-13-20-19-21-18(16(25-19)11-12-17(22)23)14-7-9-15(24-2)10-8-14/h7-10H,3-6,11-13H2,1-2H3,(H,20,21)(H,22,23)/p-1. The van der Waals surface area contributed by atoms with Gasteiger partial charge in [0.25, 0.3) is 0 Å². The van der Waals surface area contributed by atoms with Gasteiger partial charge in [0, 0.05) is 23.0 Å². The van der Waals surface area contributed by atoms with E-state index in [1.165, 1.54) is 30.6 Å². The molecule has 5 nitrogen and oxygen atoms in total. The first-order valence-electron chi connectivity index (χ1n) is 8.72. The number of ether oxygens (including phenoxy) is 1. The van der Waals surface area contributed by atoms with Gasteiger partial charge in [-0.15, -0.1) is 11.3 Å². The number of aliphatic carboxylic acids is 1. The first kappa shape index (κ1) is 19.2. The highest BCUT2D eigenvalue weighted by Gasteiger charge is 2.13. The van der Waals surface area contributed by atoms with Crippen molar-refractivity contribution in [2.24, 2.45) is 0 Å². The second kappa shape index (κ2) is 10.0. The fourth-order valence-corrected chi connectivity index (χ4v) is 3.54. The molecule has 1 heterocycles. The van der Waals surface area contributed by atoms with Crippen LogP contribution in [-0.4, -0.2) is 24.6 Å². The molecule has 0 radical (unpaired) electrons. The maximum absolute atomic E-state index is 10.8. The molecule has 2 rings (SSSR count). The van der Waals surface area contributed by atoms with Crippen LogP contribution in [0, 0.1) is 0 Å². The predicted molar refractivity (Wildman–Crippen MR) is 100 cm³/mol. The van der Waals surface area contributed by atoms with Crippen molar-refractivity contribution in [3.8, 4) is 17.0 Å². The number of anilines is 1. The fourth-order valence-electron chi connectivity index (χ4n) is 2.53. The van der Waals surface area contributed by atoms with Gasteiger partial charge in [-0.1, -0.05) is 26.2 Å². The van der Waals surface area contributed by atoms with Gasteiger partial charge in [0.2, 0.25) is 0 Å². The molecule has 0 spiro atoms. The number of nitrogens with zero attached hydrogens (tertiary/aromatic N) is 1. The highest BCUT2D eigenvalue weighted by atomic mass is 32.1. The minimum absolute atomic E-state index is 0.00128. The topological polar surface area (TPSA) is 74.3 Å². The molecule has 1 aromatic carbocycles. The number of benzene rings is 1. The van der Waals surface area contributed by atoms with Gasteiger partial charge in [0.15, 0.2) is 5.13 Å². The molecule has 0 aliphatic rings. The molecule has 1 N–H and O–H groups in total. The van der Waals surface area contributed by atoms with E-state index in [0.29, 0.717) is 6.42 Å². The monoisotopic (exact) mass is 361 g/mol. The van der Waals surface area contributed by atoms with E-state index in [1.807, 2.05) is 24.3 Å². The van der Waals surface area contributed by atoms with Gasteiger partial charge in [-0.2, -0.15) is 0 Å². The molecule has 0 aliphatic heterocycles. The van der Waals surface area contributed by atoms with Crippen LogP contribution >= 0.6 is 11.3 Å². The third-order valence-electron chi connectivity index (χ3n) is 3.92. The first-order chi connectivity index (χ1) is 12.1. The highest BCUT2D eigenvalue weighted by molar-refractivity contribution is 7.16. The molecule has 0 fully saturated rings. The first-order valence-corrected chi connectivity index (χ1v) is 9.53. The molecule has 25 heavy (non-hydrogen) atoms. The Morgan fingerprint density at radius 3 is 2.64 bits per heavy atom. The van der Waals surface area contributed by atoms with Crippen LogP contribution in [-0.2, 0) is 11.2 Å². The lowest BCUT2D eigenvalue weighted by molar-refractivity contribution is -0.305. The number of hydrogen-bond acceptors (Lipinski definition) is 6. The zero-order valence-corrected chi connectivity index (χ0v) is 15.7. The number of nitrogens with one attached hydrogen (secondary N) is 1. The van der Waals surface area contributed by atoms with Crippen molar-refractivity contribution in [1.29, 1.82) is 0 Å². The number of unbranched alkanes of at least 4 members (excludes halogenated alkanes) is 3. The zero-order chi connectivity index (χ0) is 18.1. The second-order valence-corrected chi connectivity index (χ2v) is 6.96. The summed E-state index contributed by atoms with van der Waals surface area (Å²) >= 11 is 1.53. The van der Waals surface area contributed by atoms with Crippen LogP contribution in [0.2, 0.25) is 0 Å². The summed E-state index contributed by atoms with van der Waals surface area (Å²) in [6.07, 6.45) is 5.21. The Morgan fingerprint density at radius 2 is 2.00 bits per heavy atom. The summed E-state index contributed by atoms with van der Waals surface area (Å²) in [6.45, 7) is 3.08. The molecule has 0 atom stereocenters. The number of rotatable bonds is 11. The normalized spacial score (nSPS) is 10.6. The zero-order valence-electron chi connectivity index (χ0n) is 14.8. The van der Waals surface area contributed by atoms with Crippen molar-refractivity contribution in [2.75, 3.05) is 19.0 Å². The van der Waals surface area contributed by atoms with E-state index < -0.39 is 5.97 Å². The Morgan fingerprint density at radius 1 is 1.24 bits per heavy atom. The van der Waals surface area contributed by atoms with Crippen LogP contribution in [0.3, 0.4) is 0 Å². The van der Waals surface area contributed by atoms with E-state index in [0.717, 1.165) is 40.0 Å². The third-order valence-corrected chi connectivity index (χ3v) is 5.00. The molecule has 0 aliphatic carbocycles. The van der Waals surface area contributed by atoms with Crippen molar-refractivity contribution < 1.29 is 14.6 Å². The fraction of sp³-hybridized carbons (Fsp3) is 0.474. The number of carboxylic acid groups (broad SMARTS) is 1. The van der Waals surface area contributed by atoms with Gasteiger partial charge in [-0.05, 0) is 43.5 Å². The predicted octanol–water partition coefficient (Wildman–Crippen LogP) is 3.49. The van der Waals surface area contributed by atoms with E-state index in [2.05, 4.69) is 17.2 Å². The number of hydrogen-bond donors (Lipinski definition) is 1. The summed E-state index contributed by atoms with van der Waals surface area (Å²) in [5.41, 5.74) is 1.80. The summed E-state index contributed by atoms with van der Waals surface area (Å²) in [5, 5.41) is 15.0. The molecular weight excluding hydrogens is 336 g/mol. The lowest BCUT2D eigenvalue weighted by Gasteiger charge is -2.04. The Hall–Kier alpha value is -2.08. The van der Waals surface area contributed by atoms with Crippen LogP contribution in [0.4, 0.5) is 5.13 Å². The Kier molecular flexibility index (Phi) is 7.73. The highest BCUT2D eigenvalue weighted by Crippen LogP contribution is 2.33. The molecule has 0 amide bonds. The van der Waals surface area contributed by atoms with Gasteiger partial charge in [0.05, 0.1) is 12.8 Å². The molecule has 0 saturated carbocycles. The van der Waals surface area contributed by atoms with Gasteiger partial charge >= 0.3 is 0 Å². The van der Waals surface area contributed by atoms with E-state index in [9.17, 15) is 9.90 Å². The molecule has 6 heteroatoms. The number of thiazole rings is 1.